The van der Waals surface area contributed by atoms with E-state index in [1.807, 2.05) is 0 Å². The average molecular weight is 368 g/mol. The molecule has 0 saturated carbocycles. The lowest BCUT2D eigenvalue weighted by molar-refractivity contribution is -0.120. The lowest BCUT2D eigenvalue weighted by Crippen LogP contribution is -2.32. The third-order valence-electron chi connectivity index (χ3n) is 4.92. The molecule has 6 nitrogen and oxygen atoms in total. The SMILES string of the molecule is Cc1cc(N2C(=O)C3=C(CCCC3)C2=O)c(F)cc1NC(=O)c1ccco1. The van der Waals surface area contributed by atoms with Crippen LogP contribution in [-0.4, -0.2) is 17.7 Å². The van der Waals surface area contributed by atoms with Crippen molar-refractivity contribution < 1.29 is 23.2 Å². The van der Waals surface area contributed by atoms with E-state index < -0.39 is 23.5 Å². The molecule has 3 amide bonds. The van der Waals surface area contributed by atoms with Gasteiger partial charge in [-0.1, -0.05) is 0 Å². The van der Waals surface area contributed by atoms with Crippen LogP contribution < -0.4 is 10.2 Å². The Labute approximate surface area is 154 Å². The number of hydrogen-bond acceptors (Lipinski definition) is 4. The molecule has 1 N–H and O–H groups in total. The number of anilines is 2. The van der Waals surface area contributed by atoms with Gasteiger partial charge in [-0.2, -0.15) is 0 Å². The van der Waals surface area contributed by atoms with Crippen molar-refractivity contribution in [2.24, 2.45) is 0 Å². The molecule has 0 atom stereocenters. The van der Waals surface area contributed by atoms with Crippen molar-refractivity contribution in [2.45, 2.75) is 32.6 Å². The molecule has 2 aliphatic rings. The van der Waals surface area contributed by atoms with Crippen LogP contribution in [0.1, 0.15) is 41.8 Å². The summed E-state index contributed by atoms with van der Waals surface area (Å²) >= 11 is 0. The highest BCUT2D eigenvalue weighted by molar-refractivity contribution is 6.33. The minimum Gasteiger partial charge on any atom is -0.459 e. The predicted octanol–water partition coefficient (Wildman–Crippen LogP) is 3.72. The molecule has 1 aliphatic carbocycles. The van der Waals surface area contributed by atoms with Gasteiger partial charge in [0.1, 0.15) is 5.82 Å². The van der Waals surface area contributed by atoms with Crippen molar-refractivity contribution in [1.82, 2.24) is 0 Å². The number of aryl methyl sites for hydroxylation is 1. The van der Waals surface area contributed by atoms with E-state index in [9.17, 15) is 18.8 Å². The third-order valence-corrected chi connectivity index (χ3v) is 4.92. The second-order valence-corrected chi connectivity index (χ2v) is 6.66. The van der Waals surface area contributed by atoms with Crippen LogP contribution in [0.15, 0.2) is 46.1 Å². The van der Waals surface area contributed by atoms with Crippen LogP contribution in [0.3, 0.4) is 0 Å². The molecule has 0 bridgehead atoms. The number of carbonyl (C=O) groups is 3. The second-order valence-electron chi connectivity index (χ2n) is 6.66. The van der Waals surface area contributed by atoms with Gasteiger partial charge in [0.2, 0.25) is 0 Å². The number of halogens is 1. The van der Waals surface area contributed by atoms with Crippen molar-refractivity contribution in [2.75, 3.05) is 10.2 Å². The van der Waals surface area contributed by atoms with Crippen LogP contribution in [-0.2, 0) is 9.59 Å². The molecule has 138 valence electrons. The Morgan fingerprint density at radius 1 is 1.15 bits per heavy atom. The Morgan fingerprint density at radius 3 is 2.41 bits per heavy atom. The van der Waals surface area contributed by atoms with Crippen LogP contribution in [0.5, 0.6) is 0 Å². The number of furan rings is 1. The quantitative estimate of drug-likeness (QED) is 0.838. The first-order valence-corrected chi connectivity index (χ1v) is 8.73. The Hall–Kier alpha value is -3.22. The van der Waals surface area contributed by atoms with Gasteiger partial charge in [-0.05, 0) is 62.4 Å². The zero-order valence-corrected chi connectivity index (χ0v) is 14.7. The molecule has 0 saturated heterocycles. The minimum absolute atomic E-state index is 0.0899. The van der Waals surface area contributed by atoms with Crippen molar-refractivity contribution in [3.05, 3.63) is 58.8 Å². The summed E-state index contributed by atoms with van der Waals surface area (Å²) in [5, 5.41) is 2.57. The maximum atomic E-state index is 14.8. The van der Waals surface area contributed by atoms with E-state index in [2.05, 4.69) is 5.32 Å². The molecular formula is C20H17FN2O4. The zero-order valence-electron chi connectivity index (χ0n) is 14.7. The molecule has 2 aromatic rings. The van der Waals surface area contributed by atoms with Crippen LogP contribution in [0.4, 0.5) is 15.8 Å². The first-order chi connectivity index (χ1) is 13.0. The smallest absolute Gasteiger partial charge is 0.291 e. The van der Waals surface area contributed by atoms with Crippen molar-refractivity contribution in [3.8, 4) is 0 Å². The molecule has 0 fully saturated rings. The number of nitrogens with zero attached hydrogens (tertiary/aromatic N) is 1. The number of carbonyl (C=O) groups excluding carboxylic acids is 3. The molecule has 0 radical (unpaired) electrons. The van der Waals surface area contributed by atoms with E-state index in [0.29, 0.717) is 29.6 Å². The fourth-order valence-electron chi connectivity index (χ4n) is 3.52. The molecule has 27 heavy (non-hydrogen) atoms. The highest BCUT2D eigenvalue weighted by Gasteiger charge is 2.40. The minimum atomic E-state index is -0.753. The Kier molecular flexibility index (Phi) is 4.14. The zero-order chi connectivity index (χ0) is 19.1. The van der Waals surface area contributed by atoms with Gasteiger partial charge in [0.05, 0.1) is 12.0 Å². The normalized spacial score (nSPS) is 16.7. The molecule has 1 aliphatic heterocycles. The Bertz CT molecular complexity index is 964. The standard InChI is InChI=1S/C20H17FN2O4/c1-11-9-16(23-19(25)12-5-2-3-6-13(12)20(23)26)14(21)10-15(11)22-18(24)17-7-4-8-27-17/h4,7-10H,2-3,5-6H2,1H3,(H,22,24). The van der Waals surface area contributed by atoms with E-state index in [1.165, 1.54) is 18.4 Å². The Balaban J connectivity index is 1.64. The van der Waals surface area contributed by atoms with E-state index in [1.54, 1.807) is 13.0 Å². The largest absolute Gasteiger partial charge is 0.459 e. The molecule has 7 heteroatoms. The van der Waals surface area contributed by atoms with E-state index in [4.69, 9.17) is 4.42 Å². The molecule has 0 unspecified atom stereocenters. The van der Waals surface area contributed by atoms with Crippen LogP contribution in [0.2, 0.25) is 0 Å². The third kappa shape index (κ3) is 2.85. The van der Waals surface area contributed by atoms with Gasteiger partial charge in [-0.15, -0.1) is 0 Å². The number of imide groups is 1. The first kappa shape index (κ1) is 17.2. The summed E-state index contributed by atoms with van der Waals surface area (Å²) in [6, 6.07) is 5.59. The second kappa shape index (κ2) is 6.50. The van der Waals surface area contributed by atoms with Gasteiger partial charge in [0.25, 0.3) is 17.7 Å². The number of hydrogen-bond donors (Lipinski definition) is 1. The first-order valence-electron chi connectivity index (χ1n) is 8.73. The number of amides is 3. The van der Waals surface area contributed by atoms with Crippen LogP contribution in [0, 0.1) is 12.7 Å². The van der Waals surface area contributed by atoms with Gasteiger partial charge >= 0.3 is 0 Å². The number of benzene rings is 1. The molecule has 4 rings (SSSR count). The Morgan fingerprint density at radius 2 is 1.81 bits per heavy atom. The maximum Gasteiger partial charge on any atom is 0.291 e. The highest BCUT2D eigenvalue weighted by Crippen LogP contribution is 2.37. The molecular weight excluding hydrogens is 351 g/mol. The maximum absolute atomic E-state index is 14.8. The average Bonchev–Trinajstić information content (AvgIpc) is 3.27. The van der Waals surface area contributed by atoms with Crippen molar-refractivity contribution >= 4 is 29.1 Å². The van der Waals surface area contributed by atoms with Crippen molar-refractivity contribution in [3.63, 3.8) is 0 Å². The van der Waals surface area contributed by atoms with Gasteiger partial charge in [0.15, 0.2) is 5.76 Å². The van der Waals surface area contributed by atoms with E-state index in [-0.39, 0.29) is 17.1 Å². The lowest BCUT2D eigenvalue weighted by atomic mass is 9.93. The molecule has 1 aromatic heterocycles. The lowest BCUT2D eigenvalue weighted by Gasteiger charge is -2.18. The van der Waals surface area contributed by atoms with Gasteiger partial charge in [-0.3, -0.25) is 14.4 Å². The van der Waals surface area contributed by atoms with Gasteiger partial charge in [0, 0.05) is 16.8 Å². The summed E-state index contributed by atoms with van der Waals surface area (Å²) in [6.07, 6.45) is 4.17. The summed E-state index contributed by atoms with van der Waals surface area (Å²) in [6.45, 7) is 1.67. The summed E-state index contributed by atoms with van der Waals surface area (Å²) in [5.74, 6) is -2.06. The summed E-state index contributed by atoms with van der Waals surface area (Å²) in [5.41, 5.74) is 1.68. The molecule has 2 heterocycles. The molecule has 0 spiro atoms. The topological polar surface area (TPSA) is 79.6 Å². The van der Waals surface area contributed by atoms with Gasteiger partial charge < -0.3 is 9.73 Å². The van der Waals surface area contributed by atoms with E-state index in [0.717, 1.165) is 23.8 Å². The van der Waals surface area contributed by atoms with E-state index >= 15 is 0 Å². The summed E-state index contributed by atoms with van der Waals surface area (Å²) < 4.78 is 19.8. The number of nitrogens with one attached hydrogen (secondary N) is 1. The predicted molar refractivity (Wildman–Crippen MR) is 95.8 cm³/mol. The van der Waals surface area contributed by atoms with Crippen LogP contribution >= 0.6 is 0 Å². The fourth-order valence-corrected chi connectivity index (χ4v) is 3.52. The van der Waals surface area contributed by atoms with Crippen molar-refractivity contribution in [1.29, 1.82) is 0 Å². The monoisotopic (exact) mass is 368 g/mol. The summed E-state index contributed by atoms with van der Waals surface area (Å²) in [4.78, 5) is 38.3. The summed E-state index contributed by atoms with van der Waals surface area (Å²) in [7, 11) is 0. The van der Waals surface area contributed by atoms with Crippen LogP contribution in [0.25, 0.3) is 0 Å². The molecule has 1 aromatic carbocycles. The van der Waals surface area contributed by atoms with Gasteiger partial charge in [-0.25, -0.2) is 9.29 Å². The fraction of sp³-hybridized carbons (Fsp3) is 0.250. The number of rotatable bonds is 3. The highest BCUT2D eigenvalue weighted by atomic mass is 19.1.